The van der Waals surface area contributed by atoms with Crippen LogP contribution in [0, 0.1) is 18.6 Å². The number of hydrogen-bond donors (Lipinski definition) is 1. The van der Waals surface area contributed by atoms with Crippen molar-refractivity contribution < 1.29 is 18.3 Å². The first-order valence-electron chi connectivity index (χ1n) is 9.12. The van der Waals surface area contributed by atoms with Crippen LogP contribution in [0.2, 0.25) is 0 Å². The van der Waals surface area contributed by atoms with Gasteiger partial charge in [-0.3, -0.25) is 4.79 Å². The number of carbonyl (C=O) groups is 1. The summed E-state index contributed by atoms with van der Waals surface area (Å²) in [5.41, 5.74) is 4.66. The van der Waals surface area contributed by atoms with Crippen LogP contribution in [0.5, 0.6) is 5.75 Å². The number of aromatic nitrogens is 1. The average molecular weight is 390 g/mol. The summed E-state index contributed by atoms with van der Waals surface area (Å²) in [7, 11) is 0. The van der Waals surface area contributed by atoms with Crippen molar-refractivity contribution >= 4 is 23.0 Å². The van der Waals surface area contributed by atoms with Crippen LogP contribution in [0.25, 0.3) is 22.2 Å². The Morgan fingerprint density at radius 3 is 2.55 bits per heavy atom. The minimum absolute atomic E-state index is 0.362. The largest absolute Gasteiger partial charge is 0.465 e. The molecule has 1 atom stereocenters. The molecule has 0 radical (unpaired) electrons. The number of halogens is 2. The number of rotatable bonds is 3. The summed E-state index contributed by atoms with van der Waals surface area (Å²) in [6.45, 7) is 2.01. The summed E-state index contributed by atoms with van der Waals surface area (Å²) in [5.74, 6) is -0.808. The number of ether oxygens (including phenoxy) is 1. The van der Waals surface area contributed by atoms with Gasteiger partial charge in [-0.15, -0.1) is 0 Å². The van der Waals surface area contributed by atoms with Crippen molar-refractivity contribution in [1.29, 1.82) is 0 Å². The van der Waals surface area contributed by atoms with E-state index in [-0.39, 0.29) is 0 Å². The van der Waals surface area contributed by atoms with Gasteiger partial charge in [0.1, 0.15) is 17.4 Å². The van der Waals surface area contributed by atoms with Crippen LogP contribution in [0.3, 0.4) is 0 Å². The van der Waals surface area contributed by atoms with Crippen LogP contribution in [0.4, 0.5) is 14.5 Å². The number of nitrogens with zero attached hydrogens (tertiary/aromatic N) is 1. The number of nitrogens with one attached hydrogen (secondary N) is 1. The molecule has 2 heterocycles. The number of carbonyl (C=O) groups excluding carboxylic acids is 1. The van der Waals surface area contributed by atoms with Crippen molar-refractivity contribution in [3.63, 3.8) is 0 Å². The zero-order valence-corrected chi connectivity index (χ0v) is 15.4. The lowest BCUT2D eigenvalue weighted by Crippen LogP contribution is -2.22. The van der Waals surface area contributed by atoms with E-state index >= 15 is 0 Å². The van der Waals surface area contributed by atoms with Gasteiger partial charge in [-0.2, -0.15) is 0 Å². The second kappa shape index (κ2) is 6.44. The zero-order chi connectivity index (χ0) is 20.1. The SMILES string of the molecule is Cc1ccc2c(c1)cc1n2C(c2cc(F)cc(F)c2)Oc2cc(NC=O)ccc2-1. The molecule has 0 saturated carbocycles. The molecule has 4 nitrogen and oxygen atoms in total. The van der Waals surface area contributed by atoms with Crippen molar-refractivity contribution in [1.82, 2.24) is 4.57 Å². The van der Waals surface area contributed by atoms with Crippen LogP contribution in [-0.2, 0) is 4.79 Å². The van der Waals surface area contributed by atoms with Crippen molar-refractivity contribution in [2.24, 2.45) is 0 Å². The highest BCUT2D eigenvalue weighted by Crippen LogP contribution is 2.45. The van der Waals surface area contributed by atoms with Gasteiger partial charge in [-0.1, -0.05) is 11.6 Å². The lowest BCUT2D eigenvalue weighted by Gasteiger charge is -2.30. The monoisotopic (exact) mass is 390 g/mol. The Kier molecular flexibility index (Phi) is 3.87. The van der Waals surface area contributed by atoms with Crippen LogP contribution in [0.15, 0.2) is 60.7 Å². The maximum atomic E-state index is 14.0. The van der Waals surface area contributed by atoms with E-state index in [1.165, 1.54) is 12.1 Å². The van der Waals surface area contributed by atoms with Crippen molar-refractivity contribution in [2.75, 3.05) is 5.32 Å². The highest BCUT2D eigenvalue weighted by molar-refractivity contribution is 5.90. The van der Waals surface area contributed by atoms with Crippen molar-refractivity contribution in [3.8, 4) is 17.0 Å². The Balaban J connectivity index is 1.79. The molecule has 6 heteroatoms. The van der Waals surface area contributed by atoms with Crippen molar-refractivity contribution in [2.45, 2.75) is 13.2 Å². The zero-order valence-electron chi connectivity index (χ0n) is 15.4. The van der Waals surface area contributed by atoms with Gasteiger partial charge in [0.2, 0.25) is 12.6 Å². The fourth-order valence-electron chi connectivity index (χ4n) is 3.91. The third kappa shape index (κ3) is 2.84. The van der Waals surface area contributed by atoms with E-state index < -0.39 is 17.9 Å². The molecule has 5 rings (SSSR count). The highest BCUT2D eigenvalue weighted by atomic mass is 19.1. The molecule has 1 amide bonds. The van der Waals surface area contributed by atoms with E-state index in [9.17, 15) is 13.6 Å². The third-order valence-electron chi connectivity index (χ3n) is 5.12. The normalized spacial score (nSPS) is 14.8. The molecule has 0 fully saturated rings. The van der Waals surface area contributed by atoms with Crippen LogP contribution in [-0.4, -0.2) is 11.0 Å². The molecule has 1 aliphatic heterocycles. The smallest absolute Gasteiger partial charge is 0.211 e. The lowest BCUT2D eigenvalue weighted by atomic mass is 10.1. The summed E-state index contributed by atoms with van der Waals surface area (Å²) in [5, 5.41) is 3.61. The molecule has 0 saturated heterocycles. The fraction of sp³-hybridized carbons (Fsp3) is 0.0870. The molecule has 1 unspecified atom stereocenters. The molecular weight excluding hydrogens is 374 g/mol. The lowest BCUT2D eigenvalue weighted by molar-refractivity contribution is -0.105. The third-order valence-corrected chi connectivity index (χ3v) is 5.12. The Hall–Kier alpha value is -3.67. The van der Waals surface area contributed by atoms with E-state index in [2.05, 4.69) is 11.4 Å². The fourth-order valence-corrected chi connectivity index (χ4v) is 3.91. The van der Waals surface area contributed by atoms with E-state index in [1.807, 2.05) is 35.8 Å². The molecule has 0 bridgehead atoms. The Bertz CT molecular complexity index is 1260. The van der Waals surface area contributed by atoms with Crippen molar-refractivity contribution in [3.05, 3.63) is 83.4 Å². The van der Waals surface area contributed by atoms with E-state index in [4.69, 9.17) is 4.74 Å². The number of fused-ring (bicyclic) bond motifs is 5. The first-order valence-corrected chi connectivity index (χ1v) is 9.12. The molecule has 29 heavy (non-hydrogen) atoms. The second-order valence-electron chi connectivity index (χ2n) is 7.11. The molecule has 4 aromatic rings. The van der Waals surface area contributed by atoms with Gasteiger partial charge < -0.3 is 14.6 Å². The standard InChI is InChI=1S/C23H16F2N2O2/c1-13-2-5-20-14(6-13)9-21-19-4-3-18(26-12-28)11-22(19)29-23(27(20)21)15-7-16(24)10-17(25)8-15/h2-12,23H,1H3,(H,26,28). The average Bonchev–Trinajstić information content (AvgIpc) is 3.05. The summed E-state index contributed by atoms with van der Waals surface area (Å²) in [6, 6.07) is 16.8. The summed E-state index contributed by atoms with van der Waals surface area (Å²) < 4.78 is 36.1. The van der Waals surface area contributed by atoms with Gasteiger partial charge in [0.05, 0.1) is 11.2 Å². The molecule has 3 aromatic carbocycles. The number of hydrogen-bond acceptors (Lipinski definition) is 2. The summed E-state index contributed by atoms with van der Waals surface area (Å²) in [4.78, 5) is 10.8. The van der Waals surface area contributed by atoms with Gasteiger partial charge in [-0.25, -0.2) is 8.78 Å². The summed E-state index contributed by atoms with van der Waals surface area (Å²) in [6.07, 6.45) is -0.168. The molecule has 0 aliphatic carbocycles. The summed E-state index contributed by atoms with van der Waals surface area (Å²) >= 11 is 0. The molecule has 1 aromatic heterocycles. The van der Waals surface area contributed by atoms with E-state index in [1.54, 1.807) is 12.1 Å². The molecule has 144 valence electrons. The number of benzene rings is 3. The number of anilines is 1. The topological polar surface area (TPSA) is 43.3 Å². The second-order valence-corrected chi connectivity index (χ2v) is 7.11. The maximum absolute atomic E-state index is 14.0. The first kappa shape index (κ1) is 17.4. The van der Waals surface area contributed by atoms with Gasteiger partial charge in [0, 0.05) is 34.3 Å². The number of amides is 1. The number of aryl methyl sites for hydroxylation is 1. The van der Waals surface area contributed by atoms with Gasteiger partial charge in [0.15, 0.2) is 0 Å². The maximum Gasteiger partial charge on any atom is 0.211 e. The van der Waals surface area contributed by atoms with E-state index in [0.29, 0.717) is 23.4 Å². The minimum Gasteiger partial charge on any atom is -0.465 e. The van der Waals surface area contributed by atoms with Crippen LogP contribution in [0.1, 0.15) is 17.4 Å². The highest BCUT2D eigenvalue weighted by Gasteiger charge is 2.29. The van der Waals surface area contributed by atoms with Crippen LogP contribution < -0.4 is 10.1 Å². The Morgan fingerprint density at radius 2 is 1.79 bits per heavy atom. The predicted octanol–water partition coefficient (Wildman–Crippen LogP) is 5.40. The Morgan fingerprint density at radius 1 is 1.00 bits per heavy atom. The molecule has 1 N–H and O–H groups in total. The predicted molar refractivity (Wildman–Crippen MR) is 107 cm³/mol. The molecule has 0 spiro atoms. The van der Waals surface area contributed by atoms with Gasteiger partial charge >= 0.3 is 0 Å². The minimum atomic E-state index is -0.755. The quantitative estimate of drug-likeness (QED) is 0.476. The van der Waals surface area contributed by atoms with Gasteiger partial charge in [-0.05, 0) is 49.4 Å². The Labute approximate surface area is 165 Å². The van der Waals surface area contributed by atoms with E-state index in [0.717, 1.165) is 33.8 Å². The molecular formula is C23H16F2N2O2. The van der Waals surface area contributed by atoms with Gasteiger partial charge in [0.25, 0.3) is 0 Å². The molecule has 1 aliphatic rings. The van der Waals surface area contributed by atoms with Crippen LogP contribution >= 0.6 is 0 Å². The first-order chi connectivity index (χ1) is 14.0.